The fourth-order valence-electron chi connectivity index (χ4n) is 2.67. The Morgan fingerprint density at radius 2 is 1.75 bits per heavy atom. The van der Waals surface area contributed by atoms with Gasteiger partial charge in [0, 0.05) is 19.2 Å². The van der Waals surface area contributed by atoms with E-state index in [1.807, 2.05) is 6.07 Å². The molecule has 0 fully saturated rings. The van der Waals surface area contributed by atoms with Crippen molar-refractivity contribution in [3.63, 3.8) is 0 Å². The zero-order valence-corrected chi connectivity index (χ0v) is 18.0. The van der Waals surface area contributed by atoms with Gasteiger partial charge in [0.2, 0.25) is 0 Å². The predicted molar refractivity (Wildman–Crippen MR) is 112 cm³/mol. The van der Waals surface area contributed by atoms with Crippen LogP contribution in [0.15, 0.2) is 47.5 Å². The van der Waals surface area contributed by atoms with Crippen LogP contribution in [0.1, 0.15) is 21.5 Å². The van der Waals surface area contributed by atoms with Gasteiger partial charge in [-0.2, -0.15) is 13.2 Å². The molecule has 0 aromatic heterocycles. The van der Waals surface area contributed by atoms with E-state index in [9.17, 15) is 18.0 Å². The second kappa shape index (κ2) is 11.9. The number of nitrogens with one attached hydrogen (secondary N) is 1. The molecule has 0 radical (unpaired) electrons. The fourth-order valence-corrected chi connectivity index (χ4v) is 2.67. The van der Waals surface area contributed by atoms with E-state index < -0.39 is 17.6 Å². The molecule has 0 aliphatic carbocycles. The molecule has 0 saturated heterocycles. The van der Waals surface area contributed by atoms with Crippen LogP contribution in [-0.2, 0) is 22.1 Å². The molecule has 1 N–H and O–H groups in total. The van der Waals surface area contributed by atoms with Gasteiger partial charge in [-0.3, -0.25) is 10.1 Å². The third-order valence-electron chi connectivity index (χ3n) is 4.30. The first-order valence-corrected chi connectivity index (χ1v) is 9.64. The van der Waals surface area contributed by atoms with Gasteiger partial charge in [-0.15, -0.1) is 0 Å². The molecule has 174 valence electrons. The van der Waals surface area contributed by atoms with E-state index in [2.05, 4.69) is 10.3 Å². The van der Waals surface area contributed by atoms with Crippen LogP contribution in [0.25, 0.3) is 0 Å². The van der Waals surface area contributed by atoms with Gasteiger partial charge in [0.15, 0.2) is 11.5 Å². The maximum absolute atomic E-state index is 12.9. The van der Waals surface area contributed by atoms with E-state index in [4.69, 9.17) is 18.9 Å². The molecule has 10 heteroatoms. The molecule has 1 amide bonds. The number of halogens is 3. The highest BCUT2D eigenvalue weighted by atomic mass is 19.4. The zero-order chi connectivity index (χ0) is 23.6. The lowest BCUT2D eigenvalue weighted by molar-refractivity contribution is -0.137. The lowest BCUT2D eigenvalue weighted by Gasteiger charge is -2.12. The van der Waals surface area contributed by atoms with Crippen molar-refractivity contribution in [1.29, 1.82) is 0 Å². The van der Waals surface area contributed by atoms with Gasteiger partial charge in [-0.25, -0.2) is 4.99 Å². The van der Waals surface area contributed by atoms with Crippen molar-refractivity contribution in [3.8, 4) is 11.5 Å². The fraction of sp³-hybridized carbons (Fsp3) is 0.364. The molecule has 0 saturated carbocycles. The van der Waals surface area contributed by atoms with Crippen molar-refractivity contribution >= 4 is 11.9 Å². The molecule has 32 heavy (non-hydrogen) atoms. The number of carbonyl (C=O) groups excluding carboxylic acids is 1. The number of benzene rings is 2. The number of carbonyl (C=O) groups is 1. The molecule has 2 aromatic carbocycles. The standard InChI is InChI=1S/C22H25F3N2O5/c1-29-11-12-32-21(26-10-9-15-7-8-18(30-2)19(13-15)31-3)27-20(28)16-5-4-6-17(14-16)22(23,24)25/h4-8,13-14H,9-12H2,1-3H3,(H,26,27,28). The number of alkyl halides is 3. The third kappa shape index (κ3) is 7.45. The minimum absolute atomic E-state index is 0.106. The van der Waals surface area contributed by atoms with Crippen molar-refractivity contribution in [1.82, 2.24) is 5.32 Å². The first-order valence-electron chi connectivity index (χ1n) is 9.64. The van der Waals surface area contributed by atoms with Crippen molar-refractivity contribution in [2.75, 3.05) is 41.1 Å². The van der Waals surface area contributed by atoms with Gasteiger partial charge in [-0.05, 0) is 42.3 Å². The number of ether oxygens (including phenoxy) is 4. The average Bonchev–Trinajstić information content (AvgIpc) is 2.78. The molecule has 0 spiro atoms. The predicted octanol–water partition coefficient (Wildman–Crippen LogP) is 3.71. The summed E-state index contributed by atoms with van der Waals surface area (Å²) < 4.78 is 59.6. The maximum atomic E-state index is 12.9. The normalized spacial score (nSPS) is 11.8. The van der Waals surface area contributed by atoms with E-state index >= 15 is 0 Å². The summed E-state index contributed by atoms with van der Waals surface area (Å²) in [6.45, 7) is 0.601. The average molecular weight is 454 g/mol. The first kappa shape index (κ1) is 25.0. The van der Waals surface area contributed by atoms with Gasteiger partial charge < -0.3 is 18.9 Å². The molecule has 0 unspecified atom stereocenters. The summed E-state index contributed by atoms with van der Waals surface area (Å²) >= 11 is 0. The van der Waals surface area contributed by atoms with E-state index in [0.29, 0.717) is 17.9 Å². The van der Waals surface area contributed by atoms with Crippen LogP contribution in [0.2, 0.25) is 0 Å². The van der Waals surface area contributed by atoms with Crippen LogP contribution in [-0.4, -0.2) is 53.0 Å². The molecule has 2 rings (SSSR count). The Morgan fingerprint density at radius 3 is 2.41 bits per heavy atom. The Morgan fingerprint density at radius 1 is 1.00 bits per heavy atom. The van der Waals surface area contributed by atoms with Crippen LogP contribution in [0.3, 0.4) is 0 Å². The van der Waals surface area contributed by atoms with Gasteiger partial charge in [0.1, 0.15) is 6.61 Å². The number of amides is 1. The summed E-state index contributed by atoms with van der Waals surface area (Å²) in [4.78, 5) is 16.7. The SMILES string of the molecule is COCCOC(=NCCc1ccc(OC)c(OC)c1)NC(=O)c1cccc(C(F)(F)F)c1. The van der Waals surface area contributed by atoms with Crippen molar-refractivity contribution in [2.24, 2.45) is 4.99 Å². The van der Waals surface area contributed by atoms with Gasteiger partial charge in [0.05, 0.1) is 26.4 Å². The molecule has 0 heterocycles. The van der Waals surface area contributed by atoms with Gasteiger partial charge in [-0.1, -0.05) is 12.1 Å². The Bertz CT molecular complexity index is 932. The first-order chi connectivity index (χ1) is 15.3. The van der Waals surface area contributed by atoms with Gasteiger partial charge in [0.25, 0.3) is 11.9 Å². The second-order valence-corrected chi connectivity index (χ2v) is 6.50. The van der Waals surface area contributed by atoms with E-state index in [-0.39, 0.29) is 31.3 Å². The number of nitrogens with zero attached hydrogens (tertiary/aromatic N) is 1. The van der Waals surface area contributed by atoms with E-state index in [1.165, 1.54) is 20.3 Å². The number of methoxy groups -OCH3 is 3. The van der Waals surface area contributed by atoms with Crippen LogP contribution < -0.4 is 14.8 Å². The quantitative estimate of drug-likeness (QED) is 0.355. The van der Waals surface area contributed by atoms with E-state index in [0.717, 1.165) is 23.8 Å². The molecule has 0 aliphatic rings. The molecule has 2 aromatic rings. The molecule has 0 atom stereocenters. The number of amidine groups is 1. The Labute approximate surface area is 184 Å². The maximum Gasteiger partial charge on any atom is 0.416 e. The summed E-state index contributed by atoms with van der Waals surface area (Å²) in [6.07, 6.45) is -4.06. The van der Waals surface area contributed by atoms with Crippen molar-refractivity contribution in [2.45, 2.75) is 12.6 Å². The van der Waals surface area contributed by atoms with E-state index in [1.54, 1.807) is 19.2 Å². The minimum Gasteiger partial charge on any atom is -0.493 e. The lowest BCUT2D eigenvalue weighted by Crippen LogP contribution is -2.33. The number of rotatable bonds is 9. The van der Waals surface area contributed by atoms with Crippen LogP contribution in [0.4, 0.5) is 13.2 Å². The van der Waals surface area contributed by atoms with Crippen LogP contribution in [0.5, 0.6) is 11.5 Å². The summed E-state index contributed by atoms with van der Waals surface area (Å²) in [6, 6.07) is 9.42. The summed E-state index contributed by atoms with van der Waals surface area (Å²) in [7, 11) is 4.56. The number of aliphatic imine (C=N–C) groups is 1. The zero-order valence-electron chi connectivity index (χ0n) is 18.0. The highest BCUT2D eigenvalue weighted by Gasteiger charge is 2.31. The molecular weight excluding hydrogens is 429 g/mol. The molecule has 0 aliphatic heterocycles. The lowest BCUT2D eigenvalue weighted by atomic mass is 10.1. The summed E-state index contributed by atoms with van der Waals surface area (Å²) in [5.74, 6) is 0.401. The number of hydrogen-bond acceptors (Lipinski definition) is 6. The Hall–Kier alpha value is -3.27. The van der Waals surface area contributed by atoms with Crippen molar-refractivity contribution in [3.05, 3.63) is 59.2 Å². The monoisotopic (exact) mass is 454 g/mol. The third-order valence-corrected chi connectivity index (χ3v) is 4.30. The molecule has 0 bridgehead atoms. The highest BCUT2D eigenvalue weighted by molar-refractivity contribution is 6.04. The molecular formula is C22H25F3N2O5. The minimum atomic E-state index is -4.55. The van der Waals surface area contributed by atoms with Crippen LogP contribution >= 0.6 is 0 Å². The largest absolute Gasteiger partial charge is 0.493 e. The van der Waals surface area contributed by atoms with Gasteiger partial charge >= 0.3 is 6.18 Å². The van der Waals surface area contributed by atoms with Crippen LogP contribution in [0, 0.1) is 0 Å². The summed E-state index contributed by atoms with van der Waals surface area (Å²) in [5.41, 5.74) is -0.174. The number of hydrogen-bond donors (Lipinski definition) is 1. The van der Waals surface area contributed by atoms with Crippen molar-refractivity contribution < 1.29 is 36.9 Å². The highest BCUT2D eigenvalue weighted by Crippen LogP contribution is 2.29. The Balaban J connectivity index is 2.10. The Kier molecular flexibility index (Phi) is 9.33. The molecule has 7 nitrogen and oxygen atoms in total. The second-order valence-electron chi connectivity index (χ2n) is 6.50. The smallest absolute Gasteiger partial charge is 0.416 e. The topological polar surface area (TPSA) is 78.4 Å². The summed E-state index contributed by atoms with van der Waals surface area (Å²) in [5, 5.41) is 2.42.